The van der Waals surface area contributed by atoms with Gasteiger partial charge >= 0.3 is 12.0 Å². The van der Waals surface area contributed by atoms with Crippen LogP contribution in [0.5, 0.6) is 0 Å². The number of carbonyl (C=O) groups excluding carboxylic acids is 3. The molecule has 6 nitrogen and oxygen atoms in total. The van der Waals surface area contributed by atoms with Crippen LogP contribution in [0, 0.1) is 17.8 Å². The van der Waals surface area contributed by atoms with Crippen molar-refractivity contribution >= 4 is 17.9 Å². The van der Waals surface area contributed by atoms with Crippen molar-refractivity contribution in [3.8, 4) is 0 Å². The largest absolute Gasteiger partial charge is 0.456 e. The molecule has 2 aliphatic rings. The Hall–Kier alpha value is -1.59. The zero-order chi connectivity index (χ0) is 14.5. The van der Waals surface area contributed by atoms with E-state index in [1.54, 1.807) is 6.92 Å². The van der Waals surface area contributed by atoms with E-state index in [4.69, 9.17) is 4.74 Å². The first-order valence-electron chi connectivity index (χ1n) is 7.31. The Morgan fingerprint density at radius 2 is 2.00 bits per heavy atom. The lowest BCUT2D eigenvalue weighted by atomic mass is 9.86. The Balaban J connectivity index is 1.62. The smallest absolute Gasteiger partial charge is 0.321 e. The van der Waals surface area contributed by atoms with Crippen molar-refractivity contribution in [3.05, 3.63) is 0 Å². The minimum Gasteiger partial charge on any atom is -0.456 e. The summed E-state index contributed by atoms with van der Waals surface area (Å²) in [6.07, 6.45) is 5.28. The van der Waals surface area contributed by atoms with Gasteiger partial charge in [0, 0.05) is 13.0 Å². The van der Waals surface area contributed by atoms with E-state index in [1.807, 2.05) is 0 Å². The number of rotatable bonds is 5. The zero-order valence-electron chi connectivity index (χ0n) is 11.8. The van der Waals surface area contributed by atoms with E-state index in [0.29, 0.717) is 24.8 Å². The Labute approximate surface area is 118 Å². The van der Waals surface area contributed by atoms with Gasteiger partial charge in [0.1, 0.15) is 0 Å². The molecule has 0 aliphatic heterocycles. The summed E-state index contributed by atoms with van der Waals surface area (Å²) in [4.78, 5) is 34.1. The number of imide groups is 1. The number of nitrogens with one attached hydrogen (secondary N) is 2. The molecule has 0 aromatic rings. The highest BCUT2D eigenvalue weighted by Crippen LogP contribution is 2.49. The normalized spacial score (nSPS) is 27.1. The number of carbonyl (C=O) groups is 3. The van der Waals surface area contributed by atoms with Gasteiger partial charge in [0.05, 0.1) is 0 Å². The van der Waals surface area contributed by atoms with E-state index < -0.39 is 18.5 Å². The van der Waals surface area contributed by atoms with Crippen LogP contribution in [0.15, 0.2) is 0 Å². The lowest BCUT2D eigenvalue weighted by Crippen LogP contribution is -2.41. The average Bonchev–Trinajstić information content (AvgIpc) is 2.99. The molecule has 2 fully saturated rings. The summed E-state index contributed by atoms with van der Waals surface area (Å²) in [7, 11) is 0. The fourth-order valence-electron chi connectivity index (χ4n) is 3.41. The van der Waals surface area contributed by atoms with Gasteiger partial charge in [-0.2, -0.15) is 0 Å². The maximum Gasteiger partial charge on any atom is 0.321 e. The van der Waals surface area contributed by atoms with Crippen molar-refractivity contribution in [2.24, 2.45) is 17.8 Å². The van der Waals surface area contributed by atoms with Crippen LogP contribution >= 0.6 is 0 Å². The molecular formula is C14H22N2O4. The molecule has 0 aromatic heterocycles. The molecule has 0 spiro atoms. The SMILES string of the molecule is CCNC(=O)NC(=O)COC(=O)C[C@H]1C[C@@H]2CC[C@H]1C2. The molecule has 0 radical (unpaired) electrons. The first-order valence-corrected chi connectivity index (χ1v) is 7.31. The molecule has 20 heavy (non-hydrogen) atoms. The summed E-state index contributed by atoms with van der Waals surface area (Å²) < 4.78 is 4.92. The number of hydrogen-bond acceptors (Lipinski definition) is 4. The molecule has 3 amide bonds. The monoisotopic (exact) mass is 282 g/mol. The third-order valence-electron chi connectivity index (χ3n) is 4.27. The second kappa shape index (κ2) is 6.72. The Bertz CT molecular complexity index is 397. The third kappa shape index (κ3) is 3.95. The first kappa shape index (κ1) is 14.8. The number of esters is 1. The van der Waals surface area contributed by atoms with Crippen molar-refractivity contribution < 1.29 is 19.1 Å². The number of fused-ring (bicyclic) bond motifs is 2. The van der Waals surface area contributed by atoms with E-state index in [2.05, 4.69) is 10.6 Å². The summed E-state index contributed by atoms with van der Waals surface area (Å²) >= 11 is 0. The van der Waals surface area contributed by atoms with E-state index in [-0.39, 0.29) is 5.97 Å². The number of ether oxygens (including phenoxy) is 1. The molecule has 2 rings (SSSR count). The molecule has 112 valence electrons. The van der Waals surface area contributed by atoms with Crippen LogP contribution in [-0.2, 0) is 14.3 Å². The fourth-order valence-corrected chi connectivity index (χ4v) is 3.41. The lowest BCUT2D eigenvalue weighted by molar-refractivity contribution is -0.149. The van der Waals surface area contributed by atoms with Gasteiger partial charge in [-0.05, 0) is 43.9 Å². The highest BCUT2D eigenvalue weighted by Gasteiger charge is 2.40. The first-order chi connectivity index (χ1) is 9.58. The van der Waals surface area contributed by atoms with Crippen molar-refractivity contribution in [1.29, 1.82) is 0 Å². The second-order valence-electron chi connectivity index (χ2n) is 5.71. The number of urea groups is 1. The van der Waals surface area contributed by atoms with Crippen molar-refractivity contribution in [1.82, 2.24) is 10.6 Å². The molecule has 0 saturated heterocycles. The van der Waals surface area contributed by atoms with Gasteiger partial charge in [0.25, 0.3) is 5.91 Å². The van der Waals surface area contributed by atoms with Gasteiger partial charge in [-0.1, -0.05) is 6.42 Å². The van der Waals surface area contributed by atoms with Gasteiger partial charge in [-0.25, -0.2) is 4.79 Å². The van der Waals surface area contributed by atoms with Crippen molar-refractivity contribution in [3.63, 3.8) is 0 Å². The van der Waals surface area contributed by atoms with Crippen LogP contribution in [0.1, 0.15) is 39.0 Å². The Morgan fingerprint density at radius 1 is 1.20 bits per heavy atom. The molecule has 2 N–H and O–H groups in total. The maximum atomic E-state index is 11.7. The van der Waals surface area contributed by atoms with Crippen molar-refractivity contribution in [2.45, 2.75) is 39.0 Å². The quantitative estimate of drug-likeness (QED) is 0.742. The van der Waals surface area contributed by atoms with E-state index in [1.165, 1.54) is 19.3 Å². The molecule has 0 heterocycles. The standard InChI is InChI=1S/C14H22N2O4/c1-2-15-14(19)16-12(17)8-20-13(18)7-11-6-9-3-4-10(11)5-9/h9-11H,2-8H2,1H3,(H2,15,16,17,19)/t9-,10+,11-/m1/s1. The molecule has 2 saturated carbocycles. The average molecular weight is 282 g/mol. The van der Waals surface area contributed by atoms with Gasteiger partial charge in [0.2, 0.25) is 0 Å². The molecule has 0 aromatic carbocycles. The maximum absolute atomic E-state index is 11.7. The minimum absolute atomic E-state index is 0.339. The zero-order valence-corrected chi connectivity index (χ0v) is 11.8. The topological polar surface area (TPSA) is 84.5 Å². The highest BCUT2D eigenvalue weighted by atomic mass is 16.5. The van der Waals surface area contributed by atoms with E-state index in [0.717, 1.165) is 12.3 Å². The second-order valence-corrected chi connectivity index (χ2v) is 5.71. The summed E-state index contributed by atoms with van der Waals surface area (Å²) in [5.74, 6) is 0.939. The van der Waals surface area contributed by atoms with E-state index in [9.17, 15) is 14.4 Å². The Morgan fingerprint density at radius 3 is 2.60 bits per heavy atom. The fraction of sp³-hybridized carbons (Fsp3) is 0.786. The van der Waals surface area contributed by atoms with Gasteiger partial charge in [0.15, 0.2) is 6.61 Å². The van der Waals surface area contributed by atoms with Gasteiger partial charge in [-0.3, -0.25) is 14.9 Å². The highest BCUT2D eigenvalue weighted by molar-refractivity contribution is 5.95. The van der Waals surface area contributed by atoms with Crippen LogP contribution in [0.25, 0.3) is 0 Å². The van der Waals surface area contributed by atoms with Crippen LogP contribution in [-0.4, -0.2) is 31.1 Å². The molecule has 3 atom stereocenters. The molecule has 0 unspecified atom stereocenters. The summed E-state index contributed by atoms with van der Waals surface area (Å²) in [5.41, 5.74) is 0. The molecular weight excluding hydrogens is 260 g/mol. The number of hydrogen-bond donors (Lipinski definition) is 2. The molecule has 6 heteroatoms. The minimum atomic E-state index is -0.600. The summed E-state index contributed by atoms with van der Waals surface area (Å²) in [5, 5.41) is 4.52. The van der Waals surface area contributed by atoms with Crippen molar-refractivity contribution in [2.75, 3.05) is 13.2 Å². The van der Waals surface area contributed by atoms with Crippen LogP contribution in [0.3, 0.4) is 0 Å². The van der Waals surface area contributed by atoms with Crippen LogP contribution < -0.4 is 10.6 Å². The molecule has 2 bridgehead atoms. The Kier molecular flexibility index (Phi) is 4.98. The summed E-state index contributed by atoms with van der Waals surface area (Å²) in [6, 6.07) is -0.568. The van der Waals surface area contributed by atoms with Crippen LogP contribution in [0.2, 0.25) is 0 Å². The predicted molar refractivity (Wildman–Crippen MR) is 71.7 cm³/mol. The summed E-state index contributed by atoms with van der Waals surface area (Å²) in [6.45, 7) is 1.79. The van der Waals surface area contributed by atoms with Gasteiger partial charge < -0.3 is 10.1 Å². The third-order valence-corrected chi connectivity index (χ3v) is 4.27. The predicted octanol–water partition coefficient (Wildman–Crippen LogP) is 1.20. The molecule has 2 aliphatic carbocycles. The van der Waals surface area contributed by atoms with E-state index >= 15 is 0 Å². The van der Waals surface area contributed by atoms with Crippen LogP contribution in [0.4, 0.5) is 4.79 Å². The lowest BCUT2D eigenvalue weighted by Gasteiger charge is -2.20. The number of amides is 3. The van der Waals surface area contributed by atoms with Gasteiger partial charge in [-0.15, -0.1) is 0 Å².